The quantitative estimate of drug-likeness (QED) is 0.493. The Morgan fingerprint density at radius 3 is 2.97 bits per heavy atom. The second-order valence-corrected chi connectivity index (χ2v) is 7.83. The highest BCUT2D eigenvalue weighted by Crippen LogP contribution is 2.37. The minimum atomic E-state index is -1.07. The Bertz CT molecular complexity index is 1340. The van der Waals surface area contributed by atoms with Crippen LogP contribution in [-0.2, 0) is 6.42 Å². The Labute approximate surface area is 172 Å². The Morgan fingerprint density at radius 1 is 1.27 bits per heavy atom. The molecule has 1 aliphatic heterocycles. The summed E-state index contributed by atoms with van der Waals surface area (Å²) in [5.74, 6) is 6.56. The van der Waals surface area contributed by atoms with Crippen LogP contribution in [0.5, 0.6) is 0 Å². The van der Waals surface area contributed by atoms with E-state index in [4.69, 9.17) is 0 Å². The zero-order valence-corrected chi connectivity index (χ0v) is 16.6. The van der Waals surface area contributed by atoms with Crippen molar-refractivity contribution in [3.63, 3.8) is 0 Å². The number of benzene rings is 1. The van der Waals surface area contributed by atoms with Gasteiger partial charge in [-0.1, -0.05) is 17.9 Å². The van der Waals surface area contributed by atoms with E-state index in [1.807, 2.05) is 18.2 Å². The number of fused-ring (bicyclic) bond motifs is 4. The molecule has 4 heterocycles. The molecule has 0 atom stereocenters. The zero-order chi connectivity index (χ0) is 20.9. The molecule has 1 aromatic carbocycles. The van der Waals surface area contributed by atoms with Gasteiger partial charge in [0.05, 0.1) is 11.6 Å². The van der Waals surface area contributed by atoms with Gasteiger partial charge in [-0.05, 0) is 50.5 Å². The van der Waals surface area contributed by atoms with Crippen LogP contribution < -0.4 is 4.90 Å². The number of aromatic nitrogens is 5. The summed E-state index contributed by atoms with van der Waals surface area (Å²) in [6.07, 6.45) is 4.45. The van der Waals surface area contributed by atoms with Crippen LogP contribution >= 0.6 is 0 Å². The first-order chi connectivity index (χ1) is 14.4. The molecule has 0 aliphatic carbocycles. The molecule has 0 fully saturated rings. The molecule has 0 saturated carbocycles. The summed E-state index contributed by atoms with van der Waals surface area (Å²) in [6, 6.07) is 7.34. The second kappa shape index (κ2) is 6.75. The Kier molecular flexibility index (Phi) is 4.15. The van der Waals surface area contributed by atoms with Crippen molar-refractivity contribution in [2.75, 3.05) is 11.4 Å². The van der Waals surface area contributed by atoms with Crippen LogP contribution in [0.4, 0.5) is 15.9 Å². The van der Waals surface area contributed by atoms with E-state index in [2.05, 4.69) is 36.9 Å². The van der Waals surface area contributed by atoms with E-state index in [1.54, 1.807) is 18.2 Å². The summed E-state index contributed by atoms with van der Waals surface area (Å²) in [4.78, 5) is 11.0. The number of hydrogen-bond donors (Lipinski definition) is 1. The van der Waals surface area contributed by atoms with Crippen molar-refractivity contribution in [3.05, 3.63) is 53.7 Å². The van der Waals surface area contributed by atoms with Crippen LogP contribution in [0.2, 0.25) is 0 Å². The van der Waals surface area contributed by atoms with Crippen LogP contribution in [0.15, 0.2) is 36.8 Å². The van der Waals surface area contributed by atoms with E-state index in [-0.39, 0.29) is 0 Å². The van der Waals surface area contributed by atoms with Crippen molar-refractivity contribution in [1.82, 2.24) is 24.6 Å². The fourth-order valence-corrected chi connectivity index (χ4v) is 3.79. The molecule has 0 unspecified atom stereocenters. The van der Waals surface area contributed by atoms with Crippen LogP contribution in [0.1, 0.15) is 31.4 Å². The lowest BCUT2D eigenvalue weighted by Crippen LogP contribution is -2.26. The summed E-state index contributed by atoms with van der Waals surface area (Å²) in [5, 5.41) is 18.6. The highest BCUT2D eigenvalue weighted by molar-refractivity contribution is 5.92. The maximum atomic E-state index is 14.1. The molecule has 7 nitrogen and oxygen atoms in total. The van der Waals surface area contributed by atoms with Crippen LogP contribution in [-0.4, -0.2) is 41.8 Å². The molecular formula is C22H19FN6O. The number of nitrogens with zero attached hydrogens (tertiary/aromatic N) is 6. The van der Waals surface area contributed by atoms with Gasteiger partial charge in [-0.25, -0.2) is 13.8 Å². The molecule has 1 aliphatic rings. The summed E-state index contributed by atoms with van der Waals surface area (Å²) < 4.78 is 15.7. The molecule has 1 N–H and O–H groups in total. The molecule has 0 radical (unpaired) electrons. The van der Waals surface area contributed by atoms with Crippen molar-refractivity contribution >= 4 is 28.3 Å². The van der Waals surface area contributed by atoms with Crippen molar-refractivity contribution in [2.24, 2.45) is 0 Å². The Balaban J connectivity index is 1.73. The number of anilines is 2. The largest absolute Gasteiger partial charge is 0.378 e. The molecule has 30 heavy (non-hydrogen) atoms. The van der Waals surface area contributed by atoms with Gasteiger partial charge in [-0.2, -0.15) is 4.98 Å². The number of hydrogen-bond acceptors (Lipinski definition) is 6. The predicted molar refractivity (Wildman–Crippen MR) is 111 cm³/mol. The molecular weight excluding hydrogens is 383 g/mol. The first kappa shape index (κ1) is 18.5. The molecule has 4 aromatic rings. The van der Waals surface area contributed by atoms with Crippen LogP contribution in [0.25, 0.3) is 16.8 Å². The normalized spacial score (nSPS) is 13.9. The molecule has 0 spiro atoms. The topological polar surface area (TPSA) is 79.4 Å². The van der Waals surface area contributed by atoms with Crippen molar-refractivity contribution < 1.29 is 9.50 Å². The summed E-state index contributed by atoms with van der Waals surface area (Å²) in [5.41, 5.74) is 2.39. The summed E-state index contributed by atoms with van der Waals surface area (Å²) in [6.45, 7) is 4.04. The minimum Gasteiger partial charge on any atom is -0.378 e. The second-order valence-electron chi connectivity index (χ2n) is 7.83. The third-order valence-electron chi connectivity index (χ3n) is 5.05. The van der Waals surface area contributed by atoms with Crippen molar-refractivity contribution in [3.8, 4) is 11.8 Å². The standard InChI is InChI=1S/C22H19FN6O/c1-22(2,30)9-8-14-5-3-7-18-16(14)6-4-10-28(18)20-17-11-15(23)12-24-19(17)29-13-25-27-21(29)26-20/h3,5,7,11-13,30H,4,6,10H2,1-2H3. The molecule has 0 bridgehead atoms. The molecule has 3 aromatic heterocycles. The fraction of sp³-hybridized carbons (Fsp3) is 0.273. The average Bonchev–Trinajstić information content (AvgIpc) is 3.19. The lowest BCUT2D eigenvalue weighted by Gasteiger charge is -2.31. The molecule has 0 saturated heterocycles. The zero-order valence-electron chi connectivity index (χ0n) is 16.6. The van der Waals surface area contributed by atoms with Gasteiger partial charge in [0, 0.05) is 17.8 Å². The van der Waals surface area contributed by atoms with E-state index in [9.17, 15) is 9.50 Å². The molecule has 5 rings (SSSR count). The lowest BCUT2D eigenvalue weighted by atomic mass is 9.95. The van der Waals surface area contributed by atoms with Crippen molar-refractivity contribution in [2.45, 2.75) is 32.3 Å². The molecule has 150 valence electrons. The van der Waals surface area contributed by atoms with Gasteiger partial charge in [-0.15, -0.1) is 10.2 Å². The molecule has 8 heteroatoms. The highest BCUT2D eigenvalue weighted by Gasteiger charge is 2.24. The van der Waals surface area contributed by atoms with E-state index in [1.165, 1.54) is 18.6 Å². The van der Waals surface area contributed by atoms with Gasteiger partial charge >= 0.3 is 0 Å². The van der Waals surface area contributed by atoms with Gasteiger partial charge < -0.3 is 10.0 Å². The number of pyridine rings is 1. The SMILES string of the molecule is CC(C)(O)C#Cc1cccc2c1CCCN2c1nc2nncn2c2ncc(F)cc12. The minimum absolute atomic E-state index is 0.404. The van der Waals surface area contributed by atoms with E-state index in [0.29, 0.717) is 22.6 Å². The Morgan fingerprint density at radius 2 is 2.13 bits per heavy atom. The predicted octanol–water partition coefficient (Wildman–Crippen LogP) is 3.02. The monoisotopic (exact) mass is 402 g/mol. The lowest BCUT2D eigenvalue weighted by molar-refractivity contribution is 0.143. The van der Waals surface area contributed by atoms with E-state index >= 15 is 0 Å². The van der Waals surface area contributed by atoms with Gasteiger partial charge in [-0.3, -0.25) is 0 Å². The van der Waals surface area contributed by atoms with Crippen LogP contribution in [0.3, 0.4) is 0 Å². The number of aliphatic hydroxyl groups is 1. The van der Waals surface area contributed by atoms with Crippen LogP contribution in [0, 0.1) is 17.7 Å². The van der Waals surface area contributed by atoms with Gasteiger partial charge in [0.1, 0.15) is 23.6 Å². The van der Waals surface area contributed by atoms with Crippen molar-refractivity contribution in [1.29, 1.82) is 0 Å². The maximum Gasteiger partial charge on any atom is 0.258 e. The van der Waals surface area contributed by atoms with Gasteiger partial charge in [0.15, 0.2) is 5.65 Å². The molecule has 0 amide bonds. The average molecular weight is 402 g/mol. The highest BCUT2D eigenvalue weighted by atomic mass is 19.1. The maximum absolute atomic E-state index is 14.1. The number of rotatable bonds is 1. The third-order valence-corrected chi connectivity index (χ3v) is 5.05. The smallest absolute Gasteiger partial charge is 0.258 e. The first-order valence-electron chi connectivity index (χ1n) is 9.71. The number of halogens is 1. The summed E-state index contributed by atoms with van der Waals surface area (Å²) in [7, 11) is 0. The summed E-state index contributed by atoms with van der Waals surface area (Å²) >= 11 is 0. The fourth-order valence-electron chi connectivity index (χ4n) is 3.79. The Hall–Kier alpha value is -3.57. The van der Waals surface area contributed by atoms with Gasteiger partial charge in [0.25, 0.3) is 5.78 Å². The van der Waals surface area contributed by atoms with E-state index in [0.717, 1.165) is 36.2 Å². The third kappa shape index (κ3) is 3.13. The van der Waals surface area contributed by atoms with Gasteiger partial charge in [0.2, 0.25) is 0 Å². The first-order valence-corrected chi connectivity index (χ1v) is 9.71. The van der Waals surface area contributed by atoms with E-state index < -0.39 is 11.4 Å².